The second kappa shape index (κ2) is 19.2. The van der Waals surface area contributed by atoms with Crippen LogP contribution in [0.2, 0.25) is 13.1 Å². The number of carbonyl (C=O) groups is 1. The minimum Gasteiger partial charge on any atom is -1.00 e. The van der Waals surface area contributed by atoms with E-state index in [9.17, 15) is 0 Å². The molecule has 6 heteroatoms. The van der Waals surface area contributed by atoms with E-state index in [1.54, 1.807) is 0 Å². The van der Waals surface area contributed by atoms with Crippen molar-refractivity contribution < 1.29 is 51.3 Å². The van der Waals surface area contributed by atoms with E-state index in [1.807, 2.05) is 0 Å². The van der Waals surface area contributed by atoms with Crippen molar-refractivity contribution >= 4 is 26.7 Å². The van der Waals surface area contributed by atoms with Crippen LogP contribution in [-0.2, 0) is 26.5 Å². The maximum atomic E-state index is 8.47. The van der Waals surface area contributed by atoms with Gasteiger partial charge in [-0.05, 0) is 0 Å². The number of carbonyl (C=O) groups excluding carboxylic acids is 1. The van der Waals surface area contributed by atoms with Crippen molar-refractivity contribution in [3.05, 3.63) is 48.2 Å². The van der Waals surface area contributed by atoms with Crippen LogP contribution >= 0.6 is 0 Å². The molecule has 1 amide bonds. The van der Waals surface area contributed by atoms with Crippen molar-refractivity contribution in [2.75, 3.05) is 0 Å². The zero-order valence-electron chi connectivity index (χ0n) is 10.3. The Morgan fingerprint density at radius 2 is 1.61 bits per heavy atom. The second-order valence-corrected chi connectivity index (χ2v) is 3.77. The summed E-state index contributed by atoms with van der Waals surface area (Å²) in [5.74, 6) is 0. The largest absolute Gasteiger partial charge is 4.00 e. The fourth-order valence-corrected chi connectivity index (χ4v) is 1.07. The molecule has 0 fully saturated rings. The predicted molar refractivity (Wildman–Crippen MR) is 67.4 cm³/mol. The van der Waals surface area contributed by atoms with Gasteiger partial charge in [-0.3, -0.25) is 0 Å². The normalized spacial score (nSPS) is 6.78. The molecular formula is C12H15Cl2NOSiTi. The molecule has 2 radical (unpaired) electrons. The molecule has 0 saturated heterocycles. The van der Waals surface area contributed by atoms with Gasteiger partial charge in [0.05, 0.1) is 0 Å². The average molecular weight is 336 g/mol. The Bertz CT molecular complexity index is 355. The van der Waals surface area contributed by atoms with Crippen molar-refractivity contribution in [2.24, 2.45) is 0 Å². The summed E-state index contributed by atoms with van der Waals surface area (Å²) in [5.41, 5.74) is 5.53. The fraction of sp³-hybridized carbons (Fsp3) is 0.167. The SMILES string of the molecule is C[Si]C.[Cl-].[Cl-].[NH-]C=O.[Ti+4].c1ccc2[cH-]ccc2c1. The van der Waals surface area contributed by atoms with E-state index in [-0.39, 0.29) is 52.9 Å². The van der Waals surface area contributed by atoms with Crippen molar-refractivity contribution in [1.82, 2.24) is 0 Å². The quantitative estimate of drug-likeness (QED) is 0.299. The molecule has 2 nitrogen and oxygen atoms in total. The molecule has 2 rings (SSSR count). The van der Waals surface area contributed by atoms with Gasteiger partial charge in [0.25, 0.3) is 0 Å². The monoisotopic (exact) mass is 335 g/mol. The Kier molecular flexibility index (Phi) is 28.1. The van der Waals surface area contributed by atoms with E-state index in [2.05, 4.69) is 55.6 Å². The zero-order valence-corrected chi connectivity index (χ0v) is 14.4. The van der Waals surface area contributed by atoms with E-state index in [0.717, 1.165) is 9.52 Å². The van der Waals surface area contributed by atoms with Gasteiger partial charge >= 0.3 is 21.7 Å². The molecule has 0 unspecified atom stereocenters. The molecule has 0 aliphatic rings. The number of hydrogen-bond donors (Lipinski definition) is 0. The van der Waals surface area contributed by atoms with Gasteiger partial charge in [-0.15, -0.1) is 29.7 Å². The fourth-order valence-electron chi connectivity index (χ4n) is 1.07. The molecule has 0 bridgehead atoms. The van der Waals surface area contributed by atoms with Gasteiger partial charge in [0.15, 0.2) is 0 Å². The van der Waals surface area contributed by atoms with Crippen molar-refractivity contribution in [2.45, 2.75) is 13.1 Å². The predicted octanol–water partition coefficient (Wildman–Crippen LogP) is -2.45. The van der Waals surface area contributed by atoms with Gasteiger partial charge in [0.1, 0.15) is 0 Å². The number of hydrogen-bond acceptors (Lipinski definition) is 1. The third-order valence-electron chi connectivity index (χ3n) is 1.55. The minimum absolute atomic E-state index is 0. The Morgan fingerprint density at radius 3 is 2.06 bits per heavy atom. The molecule has 2 aromatic carbocycles. The van der Waals surface area contributed by atoms with Crippen LogP contribution in [0.15, 0.2) is 42.5 Å². The summed E-state index contributed by atoms with van der Waals surface area (Å²) in [6.45, 7) is 4.31. The molecule has 0 saturated carbocycles. The van der Waals surface area contributed by atoms with Crippen LogP contribution in [-0.4, -0.2) is 15.9 Å². The Labute approximate surface area is 139 Å². The van der Waals surface area contributed by atoms with Gasteiger partial charge in [-0.2, -0.15) is 17.5 Å². The first-order valence-electron chi connectivity index (χ1n) is 4.60. The summed E-state index contributed by atoms with van der Waals surface area (Å²) in [6, 6.07) is 14.7. The van der Waals surface area contributed by atoms with Gasteiger partial charge in [-0.1, -0.05) is 19.2 Å². The second-order valence-electron chi connectivity index (χ2n) is 2.77. The number of amides is 1. The minimum atomic E-state index is 0. The molecule has 2 aromatic rings. The maximum absolute atomic E-state index is 8.47. The van der Waals surface area contributed by atoms with Crippen molar-refractivity contribution in [1.29, 1.82) is 0 Å². The smallest absolute Gasteiger partial charge is 1.00 e. The van der Waals surface area contributed by atoms with Gasteiger partial charge in [0.2, 0.25) is 0 Å². The number of halogens is 2. The number of fused-ring (bicyclic) bond motifs is 1. The summed E-state index contributed by atoms with van der Waals surface area (Å²) in [5, 5.41) is 2.66. The van der Waals surface area contributed by atoms with E-state index >= 15 is 0 Å². The summed E-state index contributed by atoms with van der Waals surface area (Å²) in [7, 11) is 1.08. The molecule has 0 heterocycles. The van der Waals surface area contributed by atoms with Crippen LogP contribution in [0.4, 0.5) is 0 Å². The van der Waals surface area contributed by atoms with Gasteiger partial charge in [0, 0.05) is 15.9 Å². The van der Waals surface area contributed by atoms with Gasteiger partial charge < -0.3 is 35.3 Å². The van der Waals surface area contributed by atoms with Crippen molar-refractivity contribution in [3.63, 3.8) is 0 Å². The Hall–Kier alpha value is -0.189. The summed E-state index contributed by atoms with van der Waals surface area (Å²) in [6.07, 6.45) is 0. The molecule has 1 N–H and O–H groups in total. The average Bonchev–Trinajstić information content (AvgIpc) is 2.67. The van der Waals surface area contributed by atoms with Crippen LogP contribution in [0.25, 0.3) is 16.5 Å². The summed E-state index contributed by atoms with van der Waals surface area (Å²) in [4.78, 5) is 8.47. The zero-order chi connectivity index (χ0) is 11.5. The molecule has 18 heavy (non-hydrogen) atoms. The van der Waals surface area contributed by atoms with Crippen molar-refractivity contribution in [3.8, 4) is 0 Å². The van der Waals surface area contributed by atoms with Crippen LogP contribution in [0, 0.1) is 0 Å². The van der Waals surface area contributed by atoms with Crippen LogP contribution in [0.1, 0.15) is 0 Å². The Balaban J connectivity index is -0.0000000964. The molecule has 96 valence electrons. The third-order valence-corrected chi connectivity index (χ3v) is 1.55. The number of nitrogens with one attached hydrogen (secondary N) is 1. The third kappa shape index (κ3) is 12.3. The molecule has 0 atom stereocenters. The maximum Gasteiger partial charge on any atom is 4.00 e. The van der Waals surface area contributed by atoms with Gasteiger partial charge in [-0.25, -0.2) is 0 Å². The summed E-state index contributed by atoms with van der Waals surface area (Å²) >= 11 is 0. The Morgan fingerprint density at radius 1 is 1.17 bits per heavy atom. The molecule has 0 aromatic heterocycles. The van der Waals surface area contributed by atoms with E-state index < -0.39 is 0 Å². The molecule has 0 spiro atoms. The summed E-state index contributed by atoms with van der Waals surface area (Å²) < 4.78 is 0. The van der Waals surface area contributed by atoms with Crippen LogP contribution < -0.4 is 24.8 Å². The number of rotatable bonds is 0. The first kappa shape index (κ1) is 26.4. The topological polar surface area (TPSA) is 40.9 Å². The van der Waals surface area contributed by atoms with E-state index in [0.29, 0.717) is 0 Å². The number of benzene rings is 1. The first-order chi connectivity index (χ1) is 7.29. The van der Waals surface area contributed by atoms with E-state index in [1.165, 1.54) is 10.8 Å². The molecular weight excluding hydrogens is 321 g/mol. The van der Waals surface area contributed by atoms with Crippen LogP contribution in [0.3, 0.4) is 0 Å². The molecule has 0 aliphatic carbocycles. The van der Waals surface area contributed by atoms with Crippen LogP contribution in [0.5, 0.6) is 0 Å². The molecule has 0 aliphatic heterocycles. The standard InChI is InChI=1S/C9H7.C2H6Si.CH3NO.2ClH.Ti/c1-2-5-9-7-3-6-8(9)4-1;1-3-2;2-1-3;;;/h1-7H;1-2H3;1H,(H2,2,3);2*1H;/q-1;;;;;+4/p-3. The first-order valence-corrected chi connectivity index (χ1v) is 6.60. The van der Waals surface area contributed by atoms with E-state index in [4.69, 9.17) is 10.5 Å².